The number of nitrogens with zero attached hydrogens (tertiary/aromatic N) is 1. The van der Waals surface area contributed by atoms with Gasteiger partial charge in [-0.2, -0.15) is 0 Å². The fraction of sp³-hybridized carbons (Fsp3) is 0.263. The van der Waals surface area contributed by atoms with Gasteiger partial charge in [0.2, 0.25) is 0 Å². The molecule has 28 heavy (non-hydrogen) atoms. The average Bonchev–Trinajstić information content (AvgIpc) is 2.62. The van der Waals surface area contributed by atoms with Crippen LogP contribution in [-0.4, -0.2) is 43.0 Å². The van der Waals surface area contributed by atoms with E-state index in [1.165, 1.54) is 11.0 Å². The van der Waals surface area contributed by atoms with Gasteiger partial charge in [-0.15, -0.1) is 0 Å². The molecular weight excluding hydrogens is 389 g/mol. The van der Waals surface area contributed by atoms with E-state index in [1.54, 1.807) is 18.2 Å². The summed E-state index contributed by atoms with van der Waals surface area (Å²) < 4.78 is 25.1. The van der Waals surface area contributed by atoms with E-state index in [2.05, 4.69) is 5.32 Å². The summed E-state index contributed by atoms with van der Waals surface area (Å²) in [5, 5.41) is 2.99. The molecule has 0 saturated carbocycles. The van der Waals surface area contributed by atoms with Crippen LogP contribution in [0.25, 0.3) is 0 Å². The number of likely N-dealkylation sites (tertiary alicyclic amines) is 1. The van der Waals surface area contributed by atoms with Crippen LogP contribution in [0.5, 0.6) is 11.5 Å². The number of nitrogen functional groups attached to an aromatic ring is 1. The van der Waals surface area contributed by atoms with Gasteiger partial charge >= 0.3 is 0 Å². The Morgan fingerprint density at radius 3 is 2.89 bits per heavy atom. The van der Waals surface area contributed by atoms with E-state index >= 15 is 0 Å². The zero-order valence-electron chi connectivity index (χ0n) is 14.7. The SMILES string of the molecule is Nc1ccc(OCC2CN(C(=O)c3cc4c(cc3F)OCC(=O)N4)C2)cc1Cl. The fourth-order valence-electron chi connectivity index (χ4n) is 3.09. The van der Waals surface area contributed by atoms with Gasteiger partial charge in [-0.25, -0.2) is 4.39 Å². The molecule has 2 aromatic carbocycles. The number of hydrogen-bond donors (Lipinski definition) is 2. The summed E-state index contributed by atoms with van der Waals surface area (Å²) in [4.78, 5) is 25.5. The third kappa shape index (κ3) is 3.55. The monoisotopic (exact) mass is 405 g/mol. The molecule has 2 heterocycles. The van der Waals surface area contributed by atoms with Crippen LogP contribution >= 0.6 is 11.6 Å². The van der Waals surface area contributed by atoms with Crippen molar-refractivity contribution in [3.63, 3.8) is 0 Å². The highest BCUT2D eigenvalue weighted by Crippen LogP contribution is 2.32. The van der Waals surface area contributed by atoms with Crippen LogP contribution in [0.4, 0.5) is 15.8 Å². The first-order valence-electron chi connectivity index (χ1n) is 8.64. The topological polar surface area (TPSA) is 93.9 Å². The third-order valence-corrected chi connectivity index (χ3v) is 4.96. The summed E-state index contributed by atoms with van der Waals surface area (Å²) in [6, 6.07) is 7.45. The number of fused-ring (bicyclic) bond motifs is 1. The Balaban J connectivity index is 1.35. The fourth-order valence-corrected chi connectivity index (χ4v) is 3.26. The molecule has 1 fully saturated rings. The number of nitrogens with two attached hydrogens (primary N) is 1. The highest BCUT2D eigenvalue weighted by molar-refractivity contribution is 6.33. The van der Waals surface area contributed by atoms with Gasteiger partial charge in [0.05, 0.1) is 28.6 Å². The molecule has 1 saturated heterocycles. The summed E-state index contributed by atoms with van der Waals surface area (Å²) in [5.74, 6) is -0.528. The molecule has 2 amide bonds. The van der Waals surface area contributed by atoms with Gasteiger partial charge in [0.15, 0.2) is 6.61 Å². The van der Waals surface area contributed by atoms with Gasteiger partial charge in [0, 0.05) is 31.1 Å². The van der Waals surface area contributed by atoms with Crippen LogP contribution in [0.3, 0.4) is 0 Å². The number of nitrogens with one attached hydrogen (secondary N) is 1. The first kappa shape index (κ1) is 18.4. The number of hydrogen-bond acceptors (Lipinski definition) is 5. The quantitative estimate of drug-likeness (QED) is 0.762. The van der Waals surface area contributed by atoms with Crippen molar-refractivity contribution in [1.29, 1.82) is 0 Å². The van der Waals surface area contributed by atoms with Crippen molar-refractivity contribution in [3.05, 3.63) is 46.7 Å². The summed E-state index contributed by atoms with van der Waals surface area (Å²) in [7, 11) is 0. The van der Waals surface area contributed by atoms with E-state index in [0.29, 0.717) is 41.8 Å². The molecular formula is C19H17ClFN3O4. The summed E-state index contributed by atoms with van der Waals surface area (Å²) >= 11 is 5.96. The smallest absolute Gasteiger partial charge is 0.262 e. The molecule has 2 aromatic rings. The van der Waals surface area contributed by atoms with Crippen LogP contribution in [0, 0.1) is 11.7 Å². The molecule has 9 heteroatoms. The van der Waals surface area contributed by atoms with Crippen LogP contribution in [-0.2, 0) is 4.79 Å². The molecule has 2 aliphatic heterocycles. The van der Waals surface area contributed by atoms with Crippen molar-refractivity contribution < 1.29 is 23.5 Å². The standard InChI is InChI=1S/C19H17ClFN3O4/c20-13-3-11(1-2-15(13)22)27-8-10-6-24(7-10)19(26)12-4-16-17(5-14(12)21)28-9-18(25)23-16/h1-5,10H,6-9,22H2,(H,23,25). The number of amides is 2. The molecule has 0 radical (unpaired) electrons. The Morgan fingerprint density at radius 1 is 1.36 bits per heavy atom. The van der Waals surface area contributed by atoms with Gasteiger partial charge in [0.1, 0.15) is 17.3 Å². The van der Waals surface area contributed by atoms with Crippen LogP contribution < -0.4 is 20.5 Å². The maximum Gasteiger partial charge on any atom is 0.262 e. The molecule has 0 atom stereocenters. The maximum atomic E-state index is 14.3. The minimum absolute atomic E-state index is 0.103. The zero-order valence-corrected chi connectivity index (χ0v) is 15.5. The summed E-state index contributed by atoms with van der Waals surface area (Å²) in [6.07, 6.45) is 0. The Kier molecular flexibility index (Phi) is 4.72. The van der Waals surface area contributed by atoms with Gasteiger partial charge < -0.3 is 25.4 Å². The number of halogens is 2. The van der Waals surface area contributed by atoms with Crippen molar-refractivity contribution in [2.45, 2.75) is 0 Å². The Bertz CT molecular complexity index is 962. The number of carbonyl (C=O) groups is 2. The molecule has 2 aliphatic rings. The molecule has 0 spiro atoms. The highest BCUT2D eigenvalue weighted by atomic mass is 35.5. The zero-order chi connectivity index (χ0) is 19.8. The van der Waals surface area contributed by atoms with Crippen molar-refractivity contribution in [3.8, 4) is 11.5 Å². The van der Waals surface area contributed by atoms with Crippen molar-refractivity contribution in [2.24, 2.45) is 5.92 Å². The molecule has 0 unspecified atom stereocenters. The Labute approximate surface area is 165 Å². The van der Waals surface area contributed by atoms with E-state index in [-0.39, 0.29) is 29.7 Å². The number of anilines is 2. The highest BCUT2D eigenvalue weighted by Gasteiger charge is 2.33. The predicted molar refractivity (Wildman–Crippen MR) is 101 cm³/mol. The minimum atomic E-state index is -0.684. The Morgan fingerprint density at radius 2 is 2.14 bits per heavy atom. The van der Waals surface area contributed by atoms with E-state index in [0.717, 1.165) is 6.07 Å². The predicted octanol–water partition coefficient (Wildman–Crippen LogP) is 2.54. The molecule has 0 aliphatic carbocycles. The molecule has 4 rings (SSSR count). The first-order chi connectivity index (χ1) is 13.4. The lowest BCUT2D eigenvalue weighted by atomic mass is 9.99. The van der Waals surface area contributed by atoms with Gasteiger partial charge in [-0.05, 0) is 18.2 Å². The Hall–Kier alpha value is -3.00. The van der Waals surface area contributed by atoms with E-state index in [4.69, 9.17) is 26.8 Å². The lowest BCUT2D eigenvalue weighted by Crippen LogP contribution is -2.52. The normalized spacial score (nSPS) is 15.9. The van der Waals surface area contributed by atoms with E-state index in [1.807, 2.05) is 0 Å². The summed E-state index contributed by atoms with van der Waals surface area (Å²) in [6.45, 7) is 1.12. The van der Waals surface area contributed by atoms with Crippen molar-refractivity contribution >= 4 is 34.8 Å². The molecule has 0 bridgehead atoms. The number of rotatable bonds is 4. The second-order valence-electron chi connectivity index (χ2n) is 6.74. The number of ether oxygens (including phenoxy) is 2. The maximum absolute atomic E-state index is 14.3. The summed E-state index contributed by atoms with van der Waals surface area (Å²) in [5.41, 5.74) is 6.32. The van der Waals surface area contributed by atoms with E-state index < -0.39 is 11.7 Å². The van der Waals surface area contributed by atoms with Gasteiger partial charge in [-0.3, -0.25) is 9.59 Å². The van der Waals surface area contributed by atoms with Crippen LogP contribution in [0.1, 0.15) is 10.4 Å². The van der Waals surface area contributed by atoms with Gasteiger partial charge in [-0.1, -0.05) is 11.6 Å². The van der Waals surface area contributed by atoms with Gasteiger partial charge in [0.25, 0.3) is 11.8 Å². The molecule has 3 N–H and O–H groups in total. The third-order valence-electron chi connectivity index (χ3n) is 4.63. The lowest BCUT2D eigenvalue weighted by Gasteiger charge is -2.39. The number of carbonyl (C=O) groups excluding carboxylic acids is 2. The molecule has 146 valence electrons. The van der Waals surface area contributed by atoms with Crippen LogP contribution in [0.15, 0.2) is 30.3 Å². The van der Waals surface area contributed by atoms with Crippen molar-refractivity contribution in [1.82, 2.24) is 4.90 Å². The molecule has 0 aromatic heterocycles. The van der Waals surface area contributed by atoms with Crippen LogP contribution in [0.2, 0.25) is 5.02 Å². The second kappa shape index (κ2) is 7.20. The molecule has 7 nitrogen and oxygen atoms in total. The van der Waals surface area contributed by atoms with E-state index in [9.17, 15) is 14.0 Å². The number of benzene rings is 2. The largest absolute Gasteiger partial charge is 0.493 e. The average molecular weight is 406 g/mol. The lowest BCUT2D eigenvalue weighted by molar-refractivity contribution is -0.118. The van der Waals surface area contributed by atoms with Crippen molar-refractivity contribution in [2.75, 3.05) is 37.4 Å². The second-order valence-corrected chi connectivity index (χ2v) is 7.14. The first-order valence-corrected chi connectivity index (χ1v) is 9.02. The minimum Gasteiger partial charge on any atom is -0.493 e.